The number of benzene rings is 1. The van der Waals surface area contributed by atoms with Gasteiger partial charge in [-0.3, -0.25) is 14.4 Å². The highest BCUT2D eigenvalue weighted by Crippen LogP contribution is 2.49. The van der Waals surface area contributed by atoms with Crippen LogP contribution in [0.2, 0.25) is 0 Å². The van der Waals surface area contributed by atoms with E-state index in [2.05, 4.69) is 16.7 Å². The van der Waals surface area contributed by atoms with E-state index in [9.17, 15) is 24.8 Å². The third-order valence-electron chi connectivity index (χ3n) is 10.7. The van der Waals surface area contributed by atoms with Gasteiger partial charge in [0.25, 0.3) is 5.91 Å². The molecule has 4 atom stereocenters. The van der Waals surface area contributed by atoms with Crippen molar-refractivity contribution in [1.29, 1.82) is 5.26 Å². The van der Waals surface area contributed by atoms with Gasteiger partial charge in [-0.15, -0.1) is 0 Å². The fraction of sp³-hybridized carbons (Fsp3) is 0.697. The number of amides is 2. The zero-order valence-corrected chi connectivity index (χ0v) is 25.6. The summed E-state index contributed by atoms with van der Waals surface area (Å²) in [5, 5.41) is 25.8. The Morgan fingerprint density at radius 3 is 2.40 bits per heavy atom. The summed E-state index contributed by atoms with van der Waals surface area (Å²) in [7, 11) is 1.45. The topological polar surface area (TPSA) is 147 Å². The smallest absolute Gasteiger partial charge is 0.309 e. The Labute approximate surface area is 253 Å². The Kier molecular flexibility index (Phi) is 9.21. The van der Waals surface area contributed by atoms with Crippen molar-refractivity contribution in [1.82, 2.24) is 10.6 Å². The molecule has 0 aliphatic heterocycles. The highest BCUT2D eigenvalue weighted by Gasteiger charge is 2.52. The molecule has 4 aliphatic rings. The molecule has 5 rings (SSSR count). The first-order chi connectivity index (χ1) is 20.6. The Morgan fingerprint density at radius 1 is 1.07 bits per heavy atom. The lowest BCUT2D eigenvalue weighted by atomic mass is 9.69. The first-order valence-corrected chi connectivity index (χ1v) is 15.8. The summed E-state index contributed by atoms with van der Waals surface area (Å²) >= 11 is 0. The maximum absolute atomic E-state index is 13.8. The Morgan fingerprint density at radius 2 is 1.79 bits per heavy atom. The van der Waals surface area contributed by atoms with Crippen molar-refractivity contribution >= 4 is 17.8 Å². The predicted molar refractivity (Wildman–Crippen MR) is 158 cm³/mol. The number of ether oxygens (including phenoxy) is 3. The summed E-state index contributed by atoms with van der Waals surface area (Å²) in [6.07, 6.45) is 7.88. The summed E-state index contributed by atoms with van der Waals surface area (Å²) in [5.41, 5.74) is -0.281. The van der Waals surface area contributed by atoms with Crippen LogP contribution < -0.4 is 20.1 Å². The third-order valence-corrected chi connectivity index (χ3v) is 10.7. The lowest BCUT2D eigenvalue weighted by Crippen LogP contribution is -2.52. The number of nitrogens with zero attached hydrogens (tertiary/aromatic N) is 1. The van der Waals surface area contributed by atoms with E-state index in [1.54, 1.807) is 13.0 Å². The molecule has 4 saturated carbocycles. The zero-order chi connectivity index (χ0) is 30.8. The van der Waals surface area contributed by atoms with E-state index in [0.717, 1.165) is 38.5 Å². The number of fused-ring (bicyclic) bond motifs is 2. The number of carbonyl (C=O) groups excluding carboxylic acids is 2. The molecule has 3 N–H and O–H groups in total. The Bertz CT molecular complexity index is 1260. The van der Waals surface area contributed by atoms with E-state index in [4.69, 9.17) is 14.2 Å². The van der Waals surface area contributed by atoms with Gasteiger partial charge in [0.15, 0.2) is 0 Å². The molecular formula is C33H45N3O7. The second kappa shape index (κ2) is 12.7. The number of nitriles is 1. The van der Waals surface area contributed by atoms with E-state index in [-0.39, 0.29) is 69.8 Å². The minimum Gasteiger partial charge on any atom is -0.496 e. The lowest BCUT2D eigenvalue weighted by Gasteiger charge is -2.42. The minimum atomic E-state index is -0.812. The van der Waals surface area contributed by atoms with Crippen LogP contribution in [0.5, 0.6) is 11.5 Å². The Hall–Kier alpha value is -3.32. The molecule has 10 nitrogen and oxygen atoms in total. The quantitative estimate of drug-likeness (QED) is 0.321. The zero-order valence-electron chi connectivity index (χ0n) is 25.6. The number of hydrogen-bond donors (Lipinski definition) is 3. The number of carbonyl (C=O) groups is 3. The van der Waals surface area contributed by atoms with Gasteiger partial charge in [0.05, 0.1) is 42.3 Å². The van der Waals surface area contributed by atoms with E-state index < -0.39 is 11.4 Å². The molecule has 0 spiro atoms. The highest BCUT2D eigenvalue weighted by atomic mass is 16.5. The van der Waals surface area contributed by atoms with Gasteiger partial charge in [-0.2, -0.15) is 5.26 Å². The van der Waals surface area contributed by atoms with Crippen molar-refractivity contribution in [3.05, 3.63) is 23.3 Å². The van der Waals surface area contributed by atoms with Crippen molar-refractivity contribution in [3.63, 3.8) is 0 Å². The predicted octanol–water partition coefficient (Wildman–Crippen LogP) is 4.45. The van der Waals surface area contributed by atoms with Gasteiger partial charge in [-0.1, -0.05) is 6.42 Å². The second-order valence-electron chi connectivity index (χ2n) is 13.4. The van der Waals surface area contributed by atoms with Crippen LogP contribution in [0, 0.1) is 39.9 Å². The van der Waals surface area contributed by atoms with Crippen LogP contribution in [-0.2, 0) is 14.3 Å². The molecule has 2 amide bonds. The normalized spacial score (nSPS) is 30.5. The standard InChI is InChI=1S/C33H45N3O7/c1-4-42-19-33(10-5-11-33)18-35-30(38)27-20-6-7-21(14-20)28(27)36-29(37)24-16-25(22(17-34)15-26(24)41-3)43-23-8-12-32(2,13-9-23)31(39)40/h15-16,20-21,23,27-28H,4-14,18-19H2,1-3H3,(H,35,38)(H,36,37)(H,39,40)/t20-,21+,23?,27+,28-,32?/m1/s1. The SMILES string of the molecule is CCOCC1(CNC(=O)[C@H]2[C@@H]3CC[C@@H](C3)[C@H]2NC(=O)c2cc(OC3CCC(C)(C(=O)O)CC3)c(C#N)cc2OC)CCC1. The number of aliphatic carboxylic acids is 1. The van der Waals surface area contributed by atoms with Crippen molar-refractivity contribution in [2.75, 3.05) is 26.9 Å². The van der Waals surface area contributed by atoms with Gasteiger partial charge in [-0.25, -0.2) is 0 Å². The molecular weight excluding hydrogens is 550 g/mol. The largest absolute Gasteiger partial charge is 0.496 e. The van der Waals surface area contributed by atoms with E-state index in [1.165, 1.54) is 13.2 Å². The van der Waals surface area contributed by atoms with Crippen LogP contribution in [-0.4, -0.2) is 61.9 Å². The first-order valence-electron chi connectivity index (χ1n) is 15.8. The van der Waals surface area contributed by atoms with Crippen LogP contribution in [0.3, 0.4) is 0 Å². The van der Waals surface area contributed by atoms with Crippen LogP contribution in [0.1, 0.15) is 94.0 Å². The van der Waals surface area contributed by atoms with E-state index >= 15 is 0 Å². The fourth-order valence-electron chi connectivity index (χ4n) is 7.70. The minimum absolute atomic E-state index is 0.00162. The maximum Gasteiger partial charge on any atom is 0.309 e. The molecule has 4 aliphatic carbocycles. The summed E-state index contributed by atoms with van der Waals surface area (Å²) in [5.74, 6) is -0.460. The number of carboxylic acids is 1. The second-order valence-corrected chi connectivity index (χ2v) is 13.4. The van der Waals surface area contributed by atoms with Gasteiger partial charge >= 0.3 is 5.97 Å². The molecule has 1 aromatic carbocycles. The molecule has 10 heteroatoms. The van der Waals surface area contributed by atoms with Gasteiger partial charge in [0, 0.05) is 30.7 Å². The molecule has 0 saturated heterocycles. The van der Waals surface area contributed by atoms with Gasteiger partial charge < -0.3 is 30.0 Å². The van der Waals surface area contributed by atoms with Gasteiger partial charge in [-0.05, 0) is 89.5 Å². The van der Waals surface area contributed by atoms with Gasteiger partial charge in [0.2, 0.25) is 5.91 Å². The van der Waals surface area contributed by atoms with Crippen LogP contribution in [0.4, 0.5) is 0 Å². The van der Waals surface area contributed by atoms with Crippen LogP contribution >= 0.6 is 0 Å². The summed E-state index contributed by atoms with van der Waals surface area (Å²) in [4.78, 5) is 39.0. The number of carboxylic acid groups (broad SMARTS) is 1. The molecule has 0 aromatic heterocycles. The average molecular weight is 596 g/mol. The van der Waals surface area contributed by atoms with Gasteiger partial charge in [0.1, 0.15) is 17.6 Å². The molecule has 43 heavy (non-hydrogen) atoms. The number of hydrogen-bond acceptors (Lipinski definition) is 7. The third kappa shape index (κ3) is 6.33. The molecule has 4 fully saturated rings. The van der Waals surface area contributed by atoms with E-state index in [0.29, 0.717) is 45.4 Å². The monoisotopic (exact) mass is 595 g/mol. The van der Waals surface area contributed by atoms with E-state index in [1.807, 2.05) is 6.92 Å². The fourth-order valence-corrected chi connectivity index (χ4v) is 7.70. The van der Waals surface area contributed by atoms with Crippen molar-refractivity contribution in [2.24, 2.45) is 28.6 Å². The number of methoxy groups -OCH3 is 1. The number of nitrogens with one attached hydrogen (secondary N) is 2. The highest BCUT2D eigenvalue weighted by molar-refractivity contribution is 5.98. The summed E-state index contributed by atoms with van der Waals surface area (Å²) < 4.78 is 17.4. The maximum atomic E-state index is 13.8. The van der Waals surface area contributed by atoms with Crippen LogP contribution in [0.25, 0.3) is 0 Å². The average Bonchev–Trinajstić information content (AvgIpc) is 3.59. The molecule has 0 unspecified atom stereocenters. The number of rotatable bonds is 12. The molecule has 0 radical (unpaired) electrons. The molecule has 234 valence electrons. The Balaban J connectivity index is 1.29. The molecule has 2 bridgehead atoms. The van der Waals surface area contributed by atoms with Crippen LogP contribution in [0.15, 0.2) is 12.1 Å². The molecule has 0 heterocycles. The van der Waals surface area contributed by atoms with Crippen molar-refractivity contribution < 1.29 is 33.7 Å². The first kappa shape index (κ1) is 31.1. The summed E-state index contributed by atoms with van der Waals surface area (Å²) in [6, 6.07) is 4.91. The summed E-state index contributed by atoms with van der Waals surface area (Å²) in [6.45, 7) is 5.64. The molecule has 1 aromatic rings. The van der Waals surface area contributed by atoms with Crippen molar-refractivity contribution in [2.45, 2.75) is 90.2 Å². The lowest BCUT2D eigenvalue weighted by molar-refractivity contribution is -0.150. The van der Waals surface area contributed by atoms with Crippen molar-refractivity contribution in [3.8, 4) is 17.6 Å².